The lowest BCUT2D eigenvalue weighted by atomic mass is 10.1. The predicted octanol–water partition coefficient (Wildman–Crippen LogP) is 4.74. The molecule has 1 fully saturated rings. The molecule has 0 amide bonds. The predicted molar refractivity (Wildman–Crippen MR) is 86.6 cm³/mol. The molecule has 0 spiro atoms. The third-order valence-corrected chi connectivity index (χ3v) is 4.56. The molecule has 0 atom stereocenters. The van der Waals surface area contributed by atoms with Gasteiger partial charge in [-0.15, -0.1) is 11.6 Å². The molecule has 0 saturated heterocycles. The first kappa shape index (κ1) is 13.7. The first-order valence-corrected chi connectivity index (χ1v) is 8.08. The molecule has 0 radical (unpaired) electrons. The van der Waals surface area contributed by atoms with Crippen LogP contribution in [0.15, 0.2) is 30.3 Å². The summed E-state index contributed by atoms with van der Waals surface area (Å²) in [6, 6.07) is 11.2. The van der Waals surface area contributed by atoms with Crippen LogP contribution in [-0.2, 0) is 5.88 Å². The molecular weight excluding hydrogens is 268 g/mol. The number of hydrogen-bond donors (Lipinski definition) is 0. The maximum atomic E-state index is 6.03. The molecule has 1 aliphatic rings. The summed E-state index contributed by atoms with van der Waals surface area (Å²) in [6.45, 7) is 3.23. The van der Waals surface area contributed by atoms with Gasteiger partial charge in [-0.3, -0.25) is 0 Å². The highest BCUT2D eigenvalue weighted by Crippen LogP contribution is 2.32. The van der Waals surface area contributed by atoms with Gasteiger partial charge in [-0.2, -0.15) is 0 Å². The molecule has 2 aromatic rings. The second kappa shape index (κ2) is 6.01. The van der Waals surface area contributed by atoms with Crippen molar-refractivity contribution in [2.75, 3.05) is 11.4 Å². The van der Waals surface area contributed by atoms with Crippen LogP contribution >= 0.6 is 11.6 Å². The standard InChI is InChI=1S/C17H21ClN2/c1-2-20(15-8-4-5-9-15)17-16-10-6-3-7-13(16)11-14(12-18)19-17/h3,6-7,10-11,15H,2,4-5,8-9,12H2,1H3. The molecule has 0 bridgehead atoms. The van der Waals surface area contributed by atoms with Crippen LogP contribution in [0, 0.1) is 0 Å². The fourth-order valence-corrected chi connectivity index (χ4v) is 3.46. The van der Waals surface area contributed by atoms with Crippen molar-refractivity contribution in [3.63, 3.8) is 0 Å². The Balaban J connectivity index is 2.11. The summed E-state index contributed by atoms with van der Waals surface area (Å²) in [7, 11) is 0. The van der Waals surface area contributed by atoms with E-state index in [1.54, 1.807) is 0 Å². The van der Waals surface area contributed by atoms with Crippen LogP contribution in [-0.4, -0.2) is 17.6 Å². The number of anilines is 1. The third-order valence-electron chi connectivity index (χ3n) is 4.29. The largest absolute Gasteiger partial charge is 0.353 e. The van der Waals surface area contributed by atoms with E-state index in [9.17, 15) is 0 Å². The monoisotopic (exact) mass is 288 g/mol. The Morgan fingerprint density at radius 3 is 2.70 bits per heavy atom. The van der Waals surface area contributed by atoms with Crippen molar-refractivity contribution >= 4 is 28.2 Å². The fourth-order valence-electron chi connectivity index (χ4n) is 3.32. The van der Waals surface area contributed by atoms with Crippen molar-refractivity contribution < 1.29 is 0 Å². The summed E-state index contributed by atoms with van der Waals surface area (Å²) in [5, 5.41) is 2.49. The van der Waals surface area contributed by atoms with Crippen molar-refractivity contribution in [3.8, 4) is 0 Å². The van der Waals surface area contributed by atoms with Gasteiger partial charge in [0, 0.05) is 18.0 Å². The molecule has 0 N–H and O–H groups in total. The van der Waals surface area contributed by atoms with Crippen molar-refractivity contribution in [2.24, 2.45) is 0 Å². The van der Waals surface area contributed by atoms with Crippen LogP contribution in [0.3, 0.4) is 0 Å². The first-order valence-electron chi connectivity index (χ1n) is 7.54. The SMILES string of the molecule is CCN(c1nc(CCl)cc2ccccc12)C1CCCC1. The van der Waals surface area contributed by atoms with E-state index in [1.807, 2.05) is 0 Å². The van der Waals surface area contributed by atoms with E-state index in [1.165, 1.54) is 36.5 Å². The fraction of sp³-hybridized carbons (Fsp3) is 0.471. The normalized spacial score (nSPS) is 15.9. The average molecular weight is 289 g/mol. The van der Waals surface area contributed by atoms with E-state index in [4.69, 9.17) is 16.6 Å². The first-order chi connectivity index (χ1) is 9.83. The van der Waals surface area contributed by atoms with E-state index in [-0.39, 0.29) is 0 Å². The highest BCUT2D eigenvalue weighted by atomic mass is 35.5. The van der Waals surface area contributed by atoms with Gasteiger partial charge in [-0.05, 0) is 31.2 Å². The molecule has 1 saturated carbocycles. The van der Waals surface area contributed by atoms with Gasteiger partial charge in [-0.25, -0.2) is 4.98 Å². The van der Waals surface area contributed by atoms with Gasteiger partial charge in [0.25, 0.3) is 0 Å². The van der Waals surface area contributed by atoms with E-state index in [0.717, 1.165) is 18.1 Å². The van der Waals surface area contributed by atoms with Gasteiger partial charge < -0.3 is 4.90 Å². The Bertz CT molecular complexity index is 591. The van der Waals surface area contributed by atoms with Crippen LogP contribution in [0.5, 0.6) is 0 Å². The van der Waals surface area contributed by atoms with Crippen molar-refractivity contribution in [1.29, 1.82) is 0 Å². The summed E-state index contributed by atoms with van der Waals surface area (Å²) < 4.78 is 0. The summed E-state index contributed by atoms with van der Waals surface area (Å²) in [5.41, 5.74) is 0.969. The number of nitrogens with zero attached hydrogens (tertiary/aromatic N) is 2. The summed E-state index contributed by atoms with van der Waals surface area (Å²) in [6.07, 6.45) is 5.26. The molecule has 106 valence electrons. The van der Waals surface area contributed by atoms with Gasteiger partial charge in [0.15, 0.2) is 0 Å². The zero-order valence-electron chi connectivity index (χ0n) is 12.0. The van der Waals surface area contributed by atoms with E-state index >= 15 is 0 Å². The zero-order chi connectivity index (χ0) is 13.9. The molecule has 1 aliphatic carbocycles. The third kappa shape index (κ3) is 2.49. The molecule has 0 unspecified atom stereocenters. The van der Waals surface area contributed by atoms with Crippen LogP contribution in [0.4, 0.5) is 5.82 Å². The summed E-state index contributed by atoms with van der Waals surface area (Å²) >= 11 is 6.03. The lowest BCUT2D eigenvalue weighted by molar-refractivity contribution is 0.614. The highest BCUT2D eigenvalue weighted by molar-refractivity contribution is 6.17. The molecule has 1 heterocycles. The molecule has 0 aliphatic heterocycles. The molecule has 3 rings (SSSR count). The van der Waals surface area contributed by atoms with Gasteiger partial charge in [-0.1, -0.05) is 37.1 Å². The van der Waals surface area contributed by atoms with Crippen molar-refractivity contribution in [3.05, 3.63) is 36.0 Å². The second-order valence-electron chi connectivity index (χ2n) is 5.52. The molecule has 1 aromatic heterocycles. The number of halogens is 1. The lowest BCUT2D eigenvalue weighted by Crippen LogP contribution is -2.34. The maximum absolute atomic E-state index is 6.03. The minimum absolute atomic E-state index is 0.472. The number of aromatic nitrogens is 1. The molecular formula is C17H21ClN2. The molecule has 1 aromatic carbocycles. The van der Waals surface area contributed by atoms with E-state index in [0.29, 0.717) is 11.9 Å². The number of fused-ring (bicyclic) bond motifs is 1. The second-order valence-corrected chi connectivity index (χ2v) is 5.78. The lowest BCUT2D eigenvalue weighted by Gasteiger charge is -2.30. The minimum atomic E-state index is 0.472. The quantitative estimate of drug-likeness (QED) is 0.755. The van der Waals surface area contributed by atoms with E-state index < -0.39 is 0 Å². The Hall–Kier alpha value is -1.28. The van der Waals surface area contributed by atoms with Crippen molar-refractivity contribution in [2.45, 2.75) is 44.5 Å². The van der Waals surface area contributed by atoms with Crippen molar-refractivity contribution in [1.82, 2.24) is 4.98 Å². The summed E-state index contributed by atoms with van der Waals surface area (Å²) in [5.74, 6) is 1.59. The van der Waals surface area contributed by atoms with Gasteiger partial charge in [0.2, 0.25) is 0 Å². The molecule has 3 heteroatoms. The van der Waals surface area contributed by atoms with Crippen LogP contribution in [0.1, 0.15) is 38.3 Å². The topological polar surface area (TPSA) is 16.1 Å². The van der Waals surface area contributed by atoms with Crippen LogP contribution < -0.4 is 4.90 Å². The smallest absolute Gasteiger partial charge is 0.137 e. The Kier molecular flexibility index (Phi) is 4.11. The number of rotatable bonds is 4. The Labute approximate surface area is 125 Å². The van der Waals surface area contributed by atoms with Crippen LogP contribution in [0.2, 0.25) is 0 Å². The van der Waals surface area contributed by atoms with Gasteiger partial charge in [0.05, 0.1) is 11.6 Å². The highest BCUT2D eigenvalue weighted by Gasteiger charge is 2.24. The number of hydrogen-bond acceptors (Lipinski definition) is 2. The van der Waals surface area contributed by atoms with Gasteiger partial charge in [0.1, 0.15) is 5.82 Å². The number of benzene rings is 1. The zero-order valence-corrected chi connectivity index (χ0v) is 12.7. The number of alkyl halides is 1. The Morgan fingerprint density at radius 1 is 1.25 bits per heavy atom. The van der Waals surface area contributed by atoms with Gasteiger partial charge >= 0.3 is 0 Å². The number of pyridine rings is 1. The maximum Gasteiger partial charge on any atom is 0.137 e. The van der Waals surface area contributed by atoms with Crippen LogP contribution in [0.25, 0.3) is 10.8 Å². The Morgan fingerprint density at radius 2 is 2.00 bits per heavy atom. The minimum Gasteiger partial charge on any atom is -0.353 e. The average Bonchev–Trinajstić information content (AvgIpc) is 3.02. The van der Waals surface area contributed by atoms with E-state index in [2.05, 4.69) is 42.2 Å². The summed E-state index contributed by atoms with van der Waals surface area (Å²) in [4.78, 5) is 7.31. The molecule has 20 heavy (non-hydrogen) atoms. The molecule has 2 nitrogen and oxygen atoms in total.